The van der Waals surface area contributed by atoms with Gasteiger partial charge in [-0.05, 0) is 48.9 Å². The summed E-state index contributed by atoms with van der Waals surface area (Å²) in [5.41, 5.74) is 0.967. The van der Waals surface area contributed by atoms with E-state index in [1.807, 2.05) is 6.92 Å². The minimum atomic E-state index is -4.12. The Bertz CT molecular complexity index is 1280. The second kappa shape index (κ2) is 9.64. The normalized spacial score (nSPS) is 11.0. The zero-order valence-corrected chi connectivity index (χ0v) is 19.6. The van der Waals surface area contributed by atoms with Crippen molar-refractivity contribution < 1.29 is 22.7 Å². The number of rotatable bonds is 7. The highest BCUT2D eigenvalue weighted by Crippen LogP contribution is 2.37. The van der Waals surface area contributed by atoms with E-state index in [4.69, 9.17) is 32.7 Å². The molecule has 8 nitrogen and oxygen atoms in total. The number of nitrogens with one attached hydrogen (secondary N) is 2. The number of hydrogen-bond acceptors (Lipinski definition) is 6. The van der Waals surface area contributed by atoms with Gasteiger partial charge in [0.05, 0.1) is 40.4 Å². The number of hydrogen-bond donors (Lipinski definition) is 2. The van der Waals surface area contributed by atoms with Gasteiger partial charge in [0, 0.05) is 12.3 Å². The van der Waals surface area contributed by atoms with Gasteiger partial charge in [0.15, 0.2) is 0 Å². The topological polar surface area (TPSA) is 107 Å². The van der Waals surface area contributed by atoms with Crippen LogP contribution in [-0.2, 0) is 10.0 Å². The number of carbonyl (C=O) groups excluding carboxylic acids is 1. The number of pyridine rings is 1. The lowest BCUT2D eigenvalue weighted by Crippen LogP contribution is -2.17. The molecule has 168 valence electrons. The molecule has 3 rings (SSSR count). The van der Waals surface area contributed by atoms with Gasteiger partial charge in [0.25, 0.3) is 15.9 Å². The Kier molecular flexibility index (Phi) is 7.12. The molecule has 0 aliphatic carbocycles. The van der Waals surface area contributed by atoms with Crippen LogP contribution in [0.15, 0.2) is 53.6 Å². The van der Waals surface area contributed by atoms with E-state index in [2.05, 4.69) is 15.0 Å². The van der Waals surface area contributed by atoms with Gasteiger partial charge in [-0.15, -0.1) is 0 Å². The summed E-state index contributed by atoms with van der Waals surface area (Å²) in [6.07, 6.45) is 1.55. The van der Waals surface area contributed by atoms with Crippen LogP contribution in [0, 0.1) is 6.92 Å². The fraction of sp³-hybridized carbons (Fsp3) is 0.143. The predicted molar refractivity (Wildman–Crippen MR) is 124 cm³/mol. The first kappa shape index (κ1) is 23.6. The molecule has 0 atom stereocenters. The van der Waals surface area contributed by atoms with E-state index in [9.17, 15) is 13.2 Å². The van der Waals surface area contributed by atoms with Gasteiger partial charge in [0.2, 0.25) is 0 Å². The maximum Gasteiger partial charge on any atom is 0.262 e. The second-order valence-electron chi connectivity index (χ2n) is 6.61. The second-order valence-corrected chi connectivity index (χ2v) is 9.10. The molecule has 2 N–H and O–H groups in total. The maximum atomic E-state index is 13.0. The molecular weight excluding hydrogens is 477 g/mol. The monoisotopic (exact) mass is 495 g/mol. The molecular formula is C21H19Cl2N3O5S. The molecule has 0 aliphatic rings. The molecule has 1 heterocycles. The standard InChI is InChI=1S/C21H19Cl2N3O5S/c1-12-6-7-24-20(8-12)25-21(27)14-9-13(4-5-15(14)22)32(28,29)26-17-10-16(23)18(30-2)11-19(17)31-3/h4-11,26H,1-3H3,(H,24,25,27). The lowest BCUT2D eigenvalue weighted by Gasteiger charge is -2.15. The van der Waals surface area contributed by atoms with Crippen molar-refractivity contribution in [2.45, 2.75) is 11.8 Å². The third kappa shape index (κ3) is 5.24. The molecule has 0 radical (unpaired) electrons. The number of anilines is 2. The fourth-order valence-electron chi connectivity index (χ4n) is 2.78. The lowest BCUT2D eigenvalue weighted by molar-refractivity contribution is 0.102. The largest absolute Gasteiger partial charge is 0.495 e. The summed E-state index contributed by atoms with van der Waals surface area (Å²) in [7, 11) is -1.31. The van der Waals surface area contributed by atoms with E-state index in [-0.39, 0.29) is 31.9 Å². The van der Waals surface area contributed by atoms with Crippen molar-refractivity contribution in [3.05, 3.63) is 69.8 Å². The molecule has 0 bridgehead atoms. The molecule has 0 unspecified atom stereocenters. The van der Waals surface area contributed by atoms with Crippen molar-refractivity contribution in [2.75, 3.05) is 24.3 Å². The highest BCUT2D eigenvalue weighted by atomic mass is 35.5. The zero-order chi connectivity index (χ0) is 23.5. The molecule has 0 saturated carbocycles. The van der Waals surface area contributed by atoms with Crippen LogP contribution < -0.4 is 19.5 Å². The fourth-order valence-corrected chi connectivity index (χ4v) is 4.31. The van der Waals surface area contributed by atoms with Crippen LogP contribution in [0.25, 0.3) is 0 Å². The molecule has 11 heteroatoms. The molecule has 1 amide bonds. The van der Waals surface area contributed by atoms with Gasteiger partial charge < -0.3 is 14.8 Å². The summed E-state index contributed by atoms with van der Waals surface area (Å²) in [6.45, 7) is 1.85. The van der Waals surface area contributed by atoms with Gasteiger partial charge in [-0.25, -0.2) is 13.4 Å². The molecule has 2 aromatic carbocycles. The molecule has 0 spiro atoms. The Hall–Kier alpha value is -3.01. The first-order chi connectivity index (χ1) is 15.1. The van der Waals surface area contributed by atoms with Crippen molar-refractivity contribution in [3.8, 4) is 11.5 Å². The van der Waals surface area contributed by atoms with Gasteiger partial charge in [-0.3, -0.25) is 9.52 Å². The number of sulfonamides is 1. The number of halogens is 2. The number of aryl methyl sites for hydroxylation is 1. The van der Waals surface area contributed by atoms with Crippen molar-refractivity contribution in [3.63, 3.8) is 0 Å². The minimum absolute atomic E-state index is 0.0300. The van der Waals surface area contributed by atoms with Gasteiger partial charge in [-0.2, -0.15) is 0 Å². The Morgan fingerprint density at radius 3 is 2.34 bits per heavy atom. The molecule has 1 aromatic heterocycles. The van der Waals surface area contributed by atoms with Crippen LogP contribution in [-0.4, -0.2) is 33.5 Å². The van der Waals surface area contributed by atoms with Crippen LogP contribution in [0.1, 0.15) is 15.9 Å². The number of ether oxygens (including phenoxy) is 2. The molecule has 0 aliphatic heterocycles. The number of benzene rings is 2. The first-order valence-electron chi connectivity index (χ1n) is 9.12. The van der Waals surface area contributed by atoms with E-state index < -0.39 is 15.9 Å². The highest BCUT2D eigenvalue weighted by molar-refractivity contribution is 7.92. The Morgan fingerprint density at radius 1 is 0.969 bits per heavy atom. The Labute approximate surface area is 195 Å². The van der Waals surface area contributed by atoms with Crippen LogP contribution in [0.3, 0.4) is 0 Å². The van der Waals surface area contributed by atoms with Gasteiger partial charge >= 0.3 is 0 Å². The van der Waals surface area contributed by atoms with Crippen LogP contribution in [0.5, 0.6) is 11.5 Å². The number of methoxy groups -OCH3 is 2. The van der Waals surface area contributed by atoms with Gasteiger partial charge in [0.1, 0.15) is 17.3 Å². The minimum Gasteiger partial charge on any atom is -0.495 e. The quantitative estimate of drug-likeness (QED) is 0.488. The number of amides is 1. The summed E-state index contributed by atoms with van der Waals surface area (Å²) in [5, 5.41) is 2.88. The van der Waals surface area contributed by atoms with Crippen molar-refractivity contribution >= 4 is 50.6 Å². The van der Waals surface area contributed by atoms with Crippen molar-refractivity contribution in [2.24, 2.45) is 0 Å². The molecule has 0 fully saturated rings. The van der Waals surface area contributed by atoms with E-state index in [0.29, 0.717) is 11.6 Å². The SMILES string of the molecule is COc1cc(OC)c(NS(=O)(=O)c2ccc(Cl)c(C(=O)Nc3cc(C)ccn3)c2)cc1Cl. The molecule has 3 aromatic rings. The van der Waals surface area contributed by atoms with Crippen LogP contribution in [0.2, 0.25) is 10.0 Å². The maximum absolute atomic E-state index is 13.0. The number of nitrogens with zero attached hydrogens (tertiary/aromatic N) is 1. The van der Waals surface area contributed by atoms with Crippen LogP contribution >= 0.6 is 23.2 Å². The van der Waals surface area contributed by atoms with Crippen LogP contribution in [0.4, 0.5) is 11.5 Å². The summed E-state index contributed by atoms with van der Waals surface area (Å²) >= 11 is 12.3. The summed E-state index contributed by atoms with van der Waals surface area (Å²) in [6, 6.07) is 10.1. The summed E-state index contributed by atoms with van der Waals surface area (Å²) < 4.78 is 38.7. The van der Waals surface area contributed by atoms with Gasteiger partial charge in [-0.1, -0.05) is 23.2 Å². The van der Waals surface area contributed by atoms with E-state index >= 15 is 0 Å². The third-order valence-corrected chi connectivity index (χ3v) is 6.36. The Balaban J connectivity index is 1.93. The molecule has 0 saturated heterocycles. The number of carbonyl (C=O) groups is 1. The first-order valence-corrected chi connectivity index (χ1v) is 11.4. The highest BCUT2D eigenvalue weighted by Gasteiger charge is 2.22. The van der Waals surface area contributed by atoms with Crippen molar-refractivity contribution in [1.82, 2.24) is 4.98 Å². The van der Waals surface area contributed by atoms with E-state index in [1.165, 1.54) is 44.6 Å². The summed E-state index contributed by atoms with van der Waals surface area (Å²) in [4.78, 5) is 16.6. The predicted octanol–water partition coefficient (Wildman–Crippen LogP) is 4.77. The summed E-state index contributed by atoms with van der Waals surface area (Å²) in [5.74, 6) is 0.235. The average molecular weight is 496 g/mol. The van der Waals surface area contributed by atoms with Crippen molar-refractivity contribution in [1.29, 1.82) is 0 Å². The molecule has 32 heavy (non-hydrogen) atoms. The third-order valence-electron chi connectivity index (χ3n) is 4.37. The Morgan fingerprint density at radius 2 is 1.69 bits per heavy atom. The average Bonchev–Trinajstić information content (AvgIpc) is 2.73. The number of aromatic nitrogens is 1. The lowest BCUT2D eigenvalue weighted by atomic mass is 10.2. The smallest absolute Gasteiger partial charge is 0.262 e. The van der Waals surface area contributed by atoms with E-state index in [0.717, 1.165) is 5.56 Å². The van der Waals surface area contributed by atoms with E-state index in [1.54, 1.807) is 18.3 Å². The zero-order valence-electron chi connectivity index (χ0n) is 17.3.